The lowest BCUT2D eigenvalue weighted by Crippen LogP contribution is -2.38. The Hall–Kier alpha value is -1.01. The van der Waals surface area contributed by atoms with Gasteiger partial charge in [-0.25, -0.2) is 0 Å². The van der Waals surface area contributed by atoms with E-state index < -0.39 is 0 Å². The van der Waals surface area contributed by atoms with Crippen molar-refractivity contribution in [2.24, 2.45) is 17.1 Å². The first-order valence-electron chi connectivity index (χ1n) is 6.56. The maximum absolute atomic E-state index is 11.8. The van der Waals surface area contributed by atoms with Crippen molar-refractivity contribution in [1.29, 1.82) is 0 Å². The van der Waals surface area contributed by atoms with E-state index in [0.717, 1.165) is 11.4 Å². The molecule has 1 atom stereocenters. The number of amides is 1. The Balaban J connectivity index is 2.51. The smallest absolute Gasteiger partial charge is 0.227 e. The van der Waals surface area contributed by atoms with Gasteiger partial charge in [0.2, 0.25) is 11.0 Å². The van der Waals surface area contributed by atoms with E-state index in [4.69, 9.17) is 5.73 Å². The number of nitrogens with zero attached hydrogens (tertiary/aromatic N) is 2. The van der Waals surface area contributed by atoms with Crippen LogP contribution in [0.2, 0.25) is 0 Å². The highest BCUT2D eigenvalue weighted by Gasteiger charge is 2.23. The molecule has 108 valence electrons. The Morgan fingerprint density at radius 1 is 1.37 bits per heavy atom. The van der Waals surface area contributed by atoms with E-state index in [1.54, 1.807) is 0 Å². The third-order valence-electron chi connectivity index (χ3n) is 2.81. The minimum absolute atomic E-state index is 0.0821. The molecule has 1 rings (SSSR count). The molecule has 0 saturated carbocycles. The van der Waals surface area contributed by atoms with Crippen molar-refractivity contribution < 1.29 is 4.79 Å². The minimum Gasteiger partial charge on any atom is -0.327 e. The molecular formula is C13H24N4OS. The van der Waals surface area contributed by atoms with Crippen LogP contribution in [0.5, 0.6) is 0 Å². The van der Waals surface area contributed by atoms with Crippen LogP contribution in [0.4, 0.5) is 5.13 Å². The molecule has 0 saturated heterocycles. The number of aromatic nitrogens is 2. The Kier molecular flexibility index (Phi) is 5.43. The lowest BCUT2D eigenvalue weighted by Gasteiger charge is -2.26. The van der Waals surface area contributed by atoms with Crippen molar-refractivity contribution in [3.05, 3.63) is 5.01 Å². The number of nitrogens with two attached hydrogens (primary N) is 1. The zero-order chi connectivity index (χ0) is 14.6. The van der Waals surface area contributed by atoms with Crippen molar-refractivity contribution in [1.82, 2.24) is 10.2 Å². The highest BCUT2D eigenvalue weighted by molar-refractivity contribution is 7.15. The molecule has 0 aromatic carbocycles. The molecule has 0 bridgehead atoms. The zero-order valence-corrected chi connectivity index (χ0v) is 13.2. The van der Waals surface area contributed by atoms with E-state index in [0.29, 0.717) is 17.5 Å². The third kappa shape index (κ3) is 5.65. The lowest BCUT2D eigenvalue weighted by molar-refractivity contribution is -0.117. The van der Waals surface area contributed by atoms with Crippen LogP contribution in [0, 0.1) is 11.3 Å². The molecule has 19 heavy (non-hydrogen) atoms. The number of hydrogen-bond donors (Lipinski definition) is 2. The van der Waals surface area contributed by atoms with Crippen molar-refractivity contribution in [2.45, 2.75) is 53.5 Å². The average molecular weight is 284 g/mol. The first-order valence-corrected chi connectivity index (χ1v) is 7.38. The fourth-order valence-electron chi connectivity index (χ4n) is 1.41. The topological polar surface area (TPSA) is 80.9 Å². The largest absolute Gasteiger partial charge is 0.327 e. The number of anilines is 1. The molecular weight excluding hydrogens is 260 g/mol. The second-order valence-corrected chi connectivity index (χ2v) is 7.39. The fraction of sp³-hybridized carbons (Fsp3) is 0.769. The van der Waals surface area contributed by atoms with E-state index >= 15 is 0 Å². The van der Waals surface area contributed by atoms with Crippen molar-refractivity contribution in [3.63, 3.8) is 0 Å². The Labute approximate surface area is 119 Å². The van der Waals surface area contributed by atoms with Gasteiger partial charge in [-0.3, -0.25) is 4.79 Å². The van der Waals surface area contributed by atoms with Gasteiger partial charge in [0.15, 0.2) is 0 Å². The molecule has 1 heterocycles. The Bertz CT molecular complexity index is 423. The van der Waals surface area contributed by atoms with Gasteiger partial charge >= 0.3 is 0 Å². The summed E-state index contributed by atoms with van der Waals surface area (Å²) >= 11 is 1.43. The molecule has 1 unspecified atom stereocenters. The number of rotatable bonds is 5. The van der Waals surface area contributed by atoms with Gasteiger partial charge in [-0.1, -0.05) is 46.0 Å². The maximum atomic E-state index is 11.8. The van der Waals surface area contributed by atoms with Gasteiger partial charge in [0.05, 0.1) is 0 Å². The van der Waals surface area contributed by atoms with Crippen molar-refractivity contribution in [2.75, 3.05) is 5.32 Å². The fourth-order valence-corrected chi connectivity index (χ4v) is 2.38. The summed E-state index contributed by atoms with van der Waals surface area (Å²) in [7, 11) is 0. The summed E-state index contributed by atoms with van der Waals surface area (Å²) in [5.74, 6) is 0.431. The van der Waals surface area contributed by atoms with Crippen LogP contribution in [0.25, 0.3) is 0 Å². The molecule has 5 nitrogen and oxygen atoms in total. The number of nitrogens with one attached hydrogen (secondary N) is 1. The van der Waals surface area contributed by atoms with Crippen LogP contribution < -0.4 is 11.1 Å². The van der Waals surface area contributed by atoms with Gasteiger partial charge in [-0.05, 0) is 11.3 Å². The first kappa shape index (κ1) is 16.0. The summed E-state index contributed by atoms with van der Waals surface area (Å²) in [6.07, 6.45) is 1.18. The maximum Gasteiger partial charge on any atom is 0.227 e. The molecule has 0 radical (unpaired) electrons. The second-order valence-electron chi connectivity index (χ2n) is 6.32. The minimum atomic E-state index is -0.171. The van der Waals surface area contributed by atoms with E-state index in [2.05, 4.69) is 29.4 Å². The normalized spacial score (nSPS) is 13.6. The summed E-state index contributed by atoms with van der Waals surface area (Å²) in [5.41, 5.74) is 5.90. The number of hydrogen-bond acceptors (Lipinski definition) is 5. The summed E-state index contributed by atoms with van der Waals surface area (Å²) in [4.78, 5) is 11.8. The van der Waals surface area contributed by atoms with Gasteiger partial charge in [-0.15, -0.1) is 10.2 Å². The predicted molar refractivity (Wildman–Crippen MR) is 79.1 cm³/mol. The molecule has 1 aromatic rings. The molecule has 0 aliphatic heterocycles. The summed E-state index contributed by atoms with van der Waals surface area (Å²) < 4.78 is 0. The number of carbonyl (C=O) groups excluding carboxylic acids is 1. The van der Waals surface area contributed by atoms with Gasteiger partial charge in [0.1, 0.15) is 5.01 Å². The third-order valence-corrected chi connectivity index (χ3v) is 3.67. The highest BCUT2D eigenvalue weighted by atomic mass is 32.1. The van der Waals surface area contributed by atoms with Crippen LogP contribution in [0.15, 0.2) is 0 Å². The first-order chi connectivity index (χ1) is 8.68. The second kappa shape index (κ2) is 6.43. The van der Waals surface area contributed by atoms with E-state index in [9.17, 15) is 4.79 Å². The standard InChI is InChI=1S/C13H24N4OS/c1-8(2)6-11-16-17-12(19-11)15-10(18)7-9(14)13(3,4)5/h8-9H,6-7,14H2,1-5H3,(H,15,17,18). The average Bonchev–Trinajstić information content (AvgIpc) is 2.62. The zero-order valence-electron chi connectivity index (χ0n) is 12.4. The number of carbonyl (C=O) groups is 1. The quantitative estimate of drug-likeness (QED) is 0.870. The molecule has 3 N–H and O–H groups in total. The molecule has 0 spiro atoms. The monoisotopic (exact) mass is 284 g/mol. The van der Waals surface area contributed by atoms with Gasteiger partial charge in [0, 0.05) is 18.9 Å². The van der Waals surface area contributed by atoms with Crippen LogP contribution in [0.1, 0.15) is 46.0 Å². The van der Waals surface area contributed by atoms with Gasteiger partial charge in [0.25, 0.3) is 0 Å². The van der Waals surface area contributed by atoms with Crippen LogP contribution >= 0.6 is 11.3 Å². The molecule has 0 fully saturated rings. The SMILES string of the molecule is CC(C)Cc1nnc(NC(=O)CC(N)C(C)(C)C)s1. The van der Waals surface area contributed by atoms with E-state index in [-0.39, 0.29) is 17.4 Å². The van der Waals surface area contributed by atoms with Gasteiger partial charge < -0.3 is 11.1 Å². The molecule has 1 aromatic heterocycles. The molecule has 6 heteroatoms. The van der Waals surface area contributed by atoms with Gasteiger partial charge in [-0.2, -0.15) is 0 Å². The highest BCUT2D eigenvalue weighted by Crippen LogP contribution is 2.21. The van der Waals surface area contributed by atoms with E-state index in [1.165, 1.54) is 11.3 Å². The van der Waals surface area contributed by atoms with Crippen LogP contribution in [-0.4, -0.2) is 22.1 Å². The Morgan fingerprint density at radius 2 is 2.00 bits per heavy atom. The molecule has 1 amide bonds. The van der Waals surface area contributed by atoms with Crippen molar-refractivity contribution >= 4 is 22.4 Å². The summed E-state index contributed by atoms with van der Waals surface area (Å²) in [6, 6.07) is -0.171. The van der Waals surface area contributed by atoms with Crippen molar-refractivity contribution in [3.8, 4) is 0 Å². The summed E-state index contributed by atoms with van der Waals surface area (Å²) in [6.45, 7) is 10.3. The Morgan fingerprint density at radius 3 is 2.53 bits per heavy atom. The lowest BCUT2D eigenvalue weighted by atomic mass is 9.85. The predicted octanol–water partition coefficient (Wildman–Crippen LogP) is 2.44. The van der Waals surface area contributed by atoms with E-state index in [1.807, 2.05) is 20.8 Å². The molecule has 0 aliphatic carbocycles. The summed E-state index contributed by atoms with van der Waals surface area (Å²) in [5, 5.41) is 12.3. The van der Waals surface area contributed by atoms with Crippen LogP contribution in [0.3, 0.4) is 0 Å². The molecule has 0 aliphatic rings. The van der Waals surface area contributed by atoms with Crippen LogP contribution in [-0.2, 0) is 11.2 Å².